The molecule has 2 aromatic carbocycles. The zero-order valence-corrected chi connectivity index (χ0v) is 18.8. The Hall–Kier alpha value is -2.91. The summed E-state index contributed by atoms with van der Waals surface area (Å²) >= 11 is 9.36. The standard InChI is InChI=1S/C21H19BrClN3O5/c1-12-8-14(6-7-16(12)22)24-18(27)11-31-21(30)13-9-19(28)26(10-13)25-20(29)15-4-2-3-5-17(15)23/h2-8,13H,9-11H2,1H3,(H,24,27)(H,25,29)/t13-/m0/s1. The minimum atomic E-state index is -0.790. The van der Waals surface area contributed by atoms with E-state index in [-0.39, 0.29) is 23.6 Å². The smallest absolute Gasteiger partial charge is 0.311 e. The van der Waals surface area contributed by atoms with E-state index in [9.17, 15) is 19.2 Å². The monoisotopic (exact) mass is 507 g/mol. The fourth-order valence-electron chi connectivity index (χ4n) is 2.98. The van der Waals surface area contributed by atoms with Crippen molar-refractivity contribution in [1.29, 1.82) is 0 Å². The van der Waals surface area contributed by atoms with E-state index in [1.165, 1.54) is 6.07 Å². The molecule has 3 amide bonds. The van der Waals surface area contributed by atoms with Crippen LogP contribution in [0.4, 0.5) is 5.69 Å². The Labute approximate surface area is 192 Å². The Kier molecular flexibility index (Phi) is 7.29. The molecular weight excluding hydrogens is 490 g/mol. The van der Waals surface area contributed by atoms with Crippen molar-refractivity contribution in [3.63, 3.8) is 0 Å². The number of benzene rings is 2. The number of aryl methyl sites for hydroxylation is 1. The summed E-state index contributed by atoms with van der Waals surface area (Å²) in [5.74, 6) is -2.97. The van der Waals surface area contributed by atoms with Crippen molar-refractivity contribution in [2.45, 2.75) is 13.3 Å². The third-order valence-corrected chi connectivity index (χ3v) is 5.82. The van der Waals surface area contributed by atoms with Gasteiger partial charge in [0.25, 0.3) is 11.8 Å². The van der Waals surface area contributed by atoms with Crippen molar-refractivity contribution in [1.82, 2.24) is 10.4 Å². The molecule has 1 aliphatic heterocycles. The van der Waals surface area contributed by atoms with Gasteiger partial charge < -0.3 is 10.1 Å². The quantitative estimate of drug-likeness (QED) is 0.584. The van der Waals surface area contributed by atoms with Crippen molar-refractivity contribution in [3.05, 3.63) is 63.1 Å². The maximum atomic E-state index is 12.3. The van der Waals surface area contributed by atoms with Gasteiger partial charge in [0.1, 0.15) is 0 Å². The summed E-state index contributed by atoms with van der Waals surface area (Å²) in [6.45, 7) is 1.35. The molecule has 8 nitrogen and oxygen atoms in total. The first-order chi connectivity index (χ1) is 14.7. The maximum Gasteiger partial charge on any atom is 0.311 e. The number of amides is 3. The van der Waals surface area contributed by atoms with E-state index in [0.717, 1.165) is 15.0 Å². The highest BCUT2D eigenvalue weighted by Crippen LogP contribution is 2.21. The number of rotatable bonds is 6. The molecule has 162 valence electrons. The van der Waals surface area contributed by atoms with E-state index in [4.69, 9.17) is 16.3 Å². The average Bonchev–Trinajstić information content (AvgIpc) is 3.09. The van der Waals surface area contributed by atoms with Gasteiger partial charge in [-0.3, -0.25) is 29.6 Å². The van der Waals surface area contributed by atoms with Gasteiger partial charge in [0, 0.05) is 16.6 Å². The van der Waals surface area contributed by atoms with Crippen LogP contribution < -0.4 is 10.7 Å². The van der Waals surface area contributed by atoms with Crippen LogP contribution in [0.5, 0.6) is 0 Å². The molecule has 0 aromatic heterocycles. The molecule has 3 rings (SSSR count). The van der Waals surface area contributed by atoms with Gasteiger partial charge in [-0.15, -0.1) is 0 Å². The van der Waals surface area contributed by atoms with Gasteiger partial charge in [-0.25, -0.2) is 0 Å². The second-order valence-corrected chi connectivity index (χ2v) is 8.21. The van der Waals surface area contributed by atoms with Gasteiger partial charge in [0.05, 0.1) is 23.0 Å². The van der Waals surface area contributed by atoms with E-state index < -0.39 is 36.2 Å². The molecule has 0 aliphatic carbocycles. The fourth-order valence-corrected chi connectivity index (χ4v) is 3.44. The molecule has 1 atom stereocenters. The molecule has 0 unspecified atom stereocenters. The van der Waals surface area contributed by atoms with Crippen molar-refractivity contribution in [2.75, 3.05) is 18.5 Å². The number of ether oxygens (including phenoxy) is 1. The lowest BCUT2D eigenvalue weighted by atomic mass is 10.1. The topological polar surface area (TPSA) is 105 Å². The Morgan fingerprint density at radius 3 is 2.68 bits per heavy atom. The van der Waals surface area contributed by atoms with Crippen LogP contribution in [0.2, 0.25) is 5.02 Å². The summed E-state index contributed by atoms with van der Waals surface area (Å²) in [7, 11) is 0. The van der Waals surface area contributed by atoms with Crippen LogP contribution in [0.25, 0.3) is 0 Å². The average molecular weight is 509 g/mol. The normalized spacial score (nSPS) is 15.5. The lowest BCUT2D eigenvalue weighted by Gasteiger charge is -2.18. The predicted octanol–water partition coefficient (Wildman–Crippen LogP) is 3.09. The molecule has 31 heavy (non-hydrogen) atoms. The SMILES string of the molecule is Cc1cc(NC(=O)COC(=O)[C@H]2CC(=O)N(NC(=O)c3ccccc3Cl)C2)ccc1Br. The van der Waals surface area contributed by atoms with E-state index >= 15 is 0 Å². The number of hydrogen-bond donors (Lipinski definition) is 2. The zero-order chi connectivity index (χ0) is 22.5. The second-order valence-electron chi connectivity index (χ2n) is 6.95. The van der Waals surface area contributed by atoms with Crippen molar-refractivity contribution >= 4 is 56.9 Å². The Bertz CT molecular complexity index is 1050. The summed E-state index contributed by atoms with van der Waals surface area (Å²) < 4.78 is 5.96. The third-order valence-electron chi connectivity index (χ3n) is 4.60. The maximum absolute atomic E-state index is 12.3. The van der Waals surface area contributed by atoms with Crippen LogP contribution in [0, 0.1) is 12.8 Å². The van der Waals surface area contributed by atoms with Gasteiger partial charge in [-0.2, -0.15) is 0 Å². The number of hydrogen-bond acceptors (Lipinski definition) is 5. The summed E-state index contributed by atoms with van der Waals surface area (Å²) in [6.07, 6.45) is -0.130. The van der Waals surface area contributed by atoms with Gasteiger partial charge in [0.15, 0.2) is 6.61 Å². The lowest BCUT2D eigenvalue weighted by molar-refractivity contribution is -0.151. The summed E-state index contributed by atoms with van der Waals surface area (Å²) in [5.41, 5.74) is 4.18. The number of esters is 1. The second kappa shape index (κ2) is 9.93. The number of halogens is 2. The van der Waals surface area contributed by atoms with Crippen LogP contribution in [0.15, 0.2) is 46.9 Å². The van der Waals surface area contributed by atoms with E-state index in [0.29, 0.717) is 5.69 Å². The van der Waals surface area contributed by atoms with Gasteiger partial charge in [-0.1, -0.05) is 39.7 Å². The largest absolute Gasteiger partial charge is 0.455 e. The van der Waals surface area contributed by atoms with Gasteiger partial charge in [0.2, 0.25) is 5.91 Å². The highest BCUT2D eigenvalue weighted by Gasteiger charge is 2.36. The number of hydrazine groups is 1. The number of carbonyl (C=O) groups is 4. The first-order valence-corrected chi connectivity index (χ1v) is 10.5. The molecule has 0 saturated carbocycles. The van der Waals surface area contributed by atoms with E-state index in [1.807, 2.05) is 6.92 Å². The van der Waals surface area contributed by atoms with Gasteiger partial charge in [-0.05, 0) is 42.8 Å². The van der Waals surface area contributed by atoms with Crippen LogP contribution in [-0.4, -0.2) is 41.9 Å². The predicted molar refractivity (Wildman–Crippen MR) is 117 cm³/mol. The number of carbonyl (C=O) groups excluding carboxylic acids is 4. The molecule has 10 heteroatoms. The van der Waals surface area contributed by atoms with Crippen molar-refractivity contribution < 1.29 is 23.9 Å². The van der Waals surface area contributed by atoms with Gasteiger partial charge >= 0.3 is 5.97 Å². The van der Waals surface area contributed by atoms with Crippen molar-refractivity contribution in [3.8, 4) is 0 Å². The Morgan fingerprint density at radius 1 is 1.23 bits per heavy atom. The highest BCUT2D eigenvalue weighted by molar-refractivity contribution is 9.10. The number of anilines is 1. The first kappa shape index (κ1) is 22.8. The first-order valence-electron chi connectivity index (χ1n) is 9.33. The zero-order valence-electron chi connectivity index (χ0n) is 16.5. The molecule has 1 heterocycles. The van der Waals surface area contributed by atoms with Crippen LogP contribution in [0.3, 0.4) is 0 Å². The molecule has 0 spiro atoms. The molecule has 2 N–H and O–H groups in total. The van der Waals surface area contributed by atoms with Crippen LogP contribution in [0.1, 0.15) is 22.3 Å². The third kappa shape index (κ3) is 5.83. The molecule has 0 radical (unpaired) electrons. The van der Waals surface area contributed by atoms with E-state index in [2.05, 4.69) is 26.7 Å². The Balaban J connectivity index is 1.49. The van der Waals surface area contributed by atoms with Crippen molar-refractivity contribution in [2.24, 2.45) is 5.92 Å². The highest BCUT2D eigenvalue weighted by atomic mass is 79.9. The van der Waals surface area contributed by atoms with Crippen LogP contribution in [-0.2, 0) is 19.1 Å². The Morgan fingerprint density at radius 2 is 1.97 bits per heavy atom. The molecule has 0 bridgehead atoms. The molecule has 1 fully saturated rings. The minimum absolute atomic E-state index is 0.0542. The van der Waals surface area contributed by atoms with E-state index in [1.54, 1.807) is 36.4 Å². The minimum Gasteiger partial charge on any atom is -0.455 e. The fraction of sp³-hybridized carbons (Fsp3) is 0.238. The molecule has 1 saturated heterocycles. The number of nitrogens with one attached hydrogen (secondary N) is 2. The molecule has 1 aliphatic rings. The molecular formula is C21H19BrClN3O5. The summed E-state index contributed by atoms with van der Waals surface area (Å²) in [5, 5.41) is 3.94. The summed E-state index contributed by atoms with van der Waals surface area (Å²) in [6, 6.07) is 11.7. The van der Waals surface area contributed by atoms with Crippen LogP contribution >= 0.6 is 27.5 Å². The summed E-state index contributed by atoms with van der Waals surface area (Å²) in [4.78, 5) is 48.8. The lowest BCUT2D eigenvalue weighted by Crippen LogP contribution is -2.43. The molecule has 2 aromatic rings. The number of nitrogens with zero attached hydrogens (tertiary/aromatic N) is 1.